The van der Waals surface area contributed by atoms with Crippen LogP contribution in [0.25, 0.3) is 22.1 Å². The topological polar surface area (TPSA) is 71.7 Å². The van der Waals surface area contributed by atoms with Crippen LogP contribution in [0.15, 0.2) is 41.2 Å². The minimum Gasteiger partial charge on any atom is -0.478 e. The summed E-state index contributed by atoms with van der Waals surface area (Å²) >= 11 is 1.33. The summed E-state index contributed by atoms with van der Waals surface area (Å²) in [6, 6.07) is 10.4. The van der Waals surface area contributed by atoms with Crippen LogP contribution in [-0.2, 0) is 0 Å². The molecule has 2 aromatic heterocycles. The molecule has 0 saturated heterocycles. The summed E-state index contributed by atoms with van der Waals surface area (Å²) in [6.45, 7) is 4.04. The predicted molar refractivity (Wildman–Crippen MR) is 98.5 cm³/mol. The van der Waals surface area contributed by atoms with Crippen molar-refractivity contribution in [1.29, 1.82) is 0 Å². The van der Waals surface area contributed by atoms with Crippen LogP contribution in [0.2, 0.25) is 0 Å². The molecule has 25 heavy (non-hydrogen) atoms. The van der Waals surface area contributed by atoms with E-state index in [4.69, 9.17) is 5.11 Å². The lowest BCUT2D eigenvalue weighted by Crippen LogP contribution is -2.22. The fourth-order valence-corrected chi connectivity index (χ4v) is 3.78. The number of carboxylic acids is 1. The van der Waals surface area contributed by atoms with E-state index >= 15 is 0 Å². The van der Waals surface area contributed by atoms with Gasteiger partial charge in [-0.05, 0) is 60.9 Å². The zero-order chi connectivity index (χ0) is 17.7. The van der Waals surface area contributed by atoms with Gasteiger partial charge in [-0.2, -0.15) is 0 Å². The standard InChI is InChI=1S/C19H14N2O3S/c1-10-7-14-15(8-11(10)2)21-17(22)16(25-19(21)20-14)9-12-3-5-13(6-4-12)18(23)24/h3-9H,1-2H3,(H,23,24)/b16-9-. The SMILES string of the molecule is Cc1cc2nc3s/c(=C\c4ccc(C(=O)O)cc4)c(=O)n3c2cc1C. The van der Waals surface area contributed by atoms with Crippen LogP contribution in [0.4, 0.5) is 0 Å². The van der Waals surface area contributed by atoms with Crippen LogP contribution in [-0.4, -0.2) is 20.5 Å². The molecule has 0 atom stereocenters. The molecule has 0 fully saturated rings. The van der Waals surface area contributed by atoms with Crippen molar-refractivity contribution in [2.24, 2.45) is 0 Å². The number of carbonyl (C=O) groups is 1. The van der Waals surface area contributed by atoms with Gasteiger partial charge in [0, 0.05) is 0 Å². The normalized spacial score (nSPS) is 12.3. The monoisotopic (exact) mass is 350 g/mol. The second-order valence-electron chi connectivity index (χ2n) is 6.00. The fourth-order valence-electron chi connectivity index (χ4n) is 2.79. The van der Waals surface area contributed by atoms with Crippen LogP contribution in [0, 0.1) is 13.8 Å². The predicted octanol–water partition coefficient (Wildman–Crippen LogP) is 2.77. The average Bonchev–Trinajstić information content (AvgIpc) is 3.05. The van der Waals surface area contributed by atoms with E-state index < -0.39 is 5.97 Å². The Bertz CT molecular complexity index is 1250. The summed E-state index contributed by atoms with van der Waals surface area (Å²) in [5.74, 6) is -0.970. The van der Waals surface area contributed by atoms with Gasteiger partial charge in [-0.25, -0.2) is 14.2 Å². The summed E-state index contributed by atoms with van der Waals surface area (Å²) < 4.78 is 2.22. The average molecular weight is 350 g/mol. The van der Waals surface area contributed by atoms with E-state index in [2.05, 4.69) is 4.98 Å². The smallest absolute Gasteiger partial charge is 0.335 e. The van der Waals surface area contributed by atoms with Gasteiger partial charge in [0.15, 0.2) is 4.96 Å². The first-order valence-corrected chi connectivity index (χ1v) is 8.53. The summed E-state index contributed by atoms with van der Waals surface area (Å²) in [5, 5.41) is 8.95. The van der Waals surface area contributed by atoms with Gasteiger partial charge in [0.05, 0.1) is 21.1 Å². The number of rotatable bonds is 2. The van der Waals surface area contributed by atoms with E-state index in [0.29, 0.717) is 9.49 Å². The van der Waals surface area contributed by atoms with Crippen LogP contribution < -0.4 is 10.1 Å². The van der Waals surface area contributed by atoms with Crippen molar-refractivity contribution >= 4 is 39.4 Å². The molecule has 2 heterocycles. The number of carboxylic acid groups (broad SMARTS) is 1. The zero-order valence-corrected chi connectivity index (χ0v) is 14.4. The zero-order valence-electron chi connectivity index (χ0n) is 13.6. The Morgan fingerprint density at radius 2 is 1.84 bits per heavy atom. The van der Waals surface area contributed by atoms with Gasteiger partial charge in [0.25, 0.3) is 5.56 Å². The van der Waals surface area contributed by atoms with Gasteiger partial charge in [-0.15, -0.1) is 0 Å². The van der Waals surface area contributed by atoms with Crippen molar-refractivity contribution in [3.63, 3.8) is 0 Å². The lowest BCUT2D eigenvalue weighted by atomic mass is 10.1. The summed E-state index contributed by atoms with van der Waals surface area (Å²) in [5.41, 5.74) is 4.81. The van der Waals surface area contributed by atoms with Crippen LogP contribution >= 0.6 is 11.3 Å². The van der Waals surface area contributed by atoms with Crippen molar-refractivity contribution in [3.05, 3.63) is 73.5 Å². The number of fused-ring (bicyclic) bond motifs is 3. The van der Waals surface area contributed by atoms with Gasteiger partial charge < -0.3 is 5.11 Å². The first-order chi connectivity index (χ1) is 11.9. The number of hydrogen-bond donors (Lipinski definition) is 1. The van der Waals surface area contributed by atoms with E-state index in [0.717, 1.165) is 27.7 Å². The number of nitrogens with zero attached hydrogens (tertiary/aromatic N) is 2. The number of aryl methyl sites for hydroxylation is 2. The highest BCUT2D eigenvalue weighted by atomic mass is 32.1. The second-order valence-corrected chi connectivity index (χ2v) is 7.01. The largest absolute Gasteiger partial charge is 0.478 e. The molecule has 5 nitrogen and oxygen atoms in total. The molecule has 124 valence electrons. The molecule has 0 amide bonds. The molecular weight excluding hydrogens is 336 g/mol. The molecule has 4 aromatic rings. The highest BCUT2D eigenvalue weighted by Crippen LogP contribution is 2.20. The van der Waals surface area contributed by atoms with E-state index in [9.17, 15) is 9.59 Å². The molecular formula is C19H14N2O3S. The minimum absolute atomic E-state index is 0.104. The van der Waals surface area contributed by atoms with Crippen molar-refractivity contribution in [2.75, 3.05) is 0 Å². The maximum absolute atomic E-state index is 12.8. The van der Waals surface area contributed by atoms with Gasteiger partial charge in [-0.3, -0.25) is 4.79 Å². The van der Waals surface area contributed by atoms with Gasteiger partial charge in [0.2, 0.25) is 0 Å². The molecule has 4 rings (SSSR count). The minimum atomic E-state index is -0.970. The van der Waals surface area contributed by atoms with Gasteiger partial charge >= 0.3 is 5.97 Å². The maximum atomic E-state index is 12.8. The molecule has 0 aliphatic carbocycles. The Morgan fingerprint density at radius 1 is 1.16 bits per heavy atom. The summed E-state index contributed by atoms with van der Waals surface area (Å²) in [4.78, 5) is 28.9. The highest BCUT2D eigenvalue weighted by Gasteiger charge is 2.12. The molecule has 2 aromatic carbocycles. The molecule has 0 unspecified atom stereocenters. The summed E-state index contributed by atoms with van der Waals surface area (Å²) in [7, 11) is 0. The van der Waals surface area contributed by atoms with E-state index in [1.807, 2.05) is 26.0 Å². The van der Waals surface area contributed by atoms with Gasteiger partial charge in [-0.1, -0.05) is 23.5 Å². The van der Waals surface area contributed by atoms with Crippen molar-refractivity contribution < 1.29 is 9.90 Å². The molecule has 6 heteroatoms. The molecule has 1 N–H and O–H groups in total. The van der Waals surface area contributed by atoms with E-state index in [1.165, 1.54) is 23.5 Å². The quantitative estimate of drug-likeness (QED) is 0.603. The first-order valence-electron chi connectivity index (χ1n) is 7.71. The first kappa shape index (κ1) is 15.5. The van der Waals surface area contributed by atoms with Crippen LogP contribution in [0.1, 0.15) is 27.0 Å². The highest BCUT2D eigenvalue weighted by molar-refractivity contribution is 7.15. The second kappa shape index (κ2) is 5.53. The van der Waals surface area contributed by atoms with Crippen molar-refractivity contribution in [1.82, 2.24) is 9.38 Å². The Balaban J connectivity index is 1.91. The maximum Gasteiger partial charge on any atom is 0.335 e. The lowest BCUT2D eigenvalue weighted by molar-refractivity contribution is 0.0697. The molecule has 0 aliphatic heterocycles. The number of aromatic nitrogens is 2. The molecule has 0 aliphatic rings. The Hall–Kier alpha value is -2.99. The van der Waals surface area contributed by atoms with Gasteiger partial charge in [0.1, 0.15) is 0 Å². The van der Waals surface area contributed by atoms with Crippen LogP contribution in [0.5, 0.6) is 0 Å². The lowest BCUT2D eigenvalue weighted by Gasteiger charge is -1.98. The molecule has 0 spiro atoms. The number of hydrogen-bond acceptors (Lipinski definition) is 4. The third kappa shape index (κ3) is 2.51. The third-order valence-electron chi connectivity index (χ3n) is 4.31. The number of imidazole rings is 1. The Kier molecular flexibility index (Phi) is 3.43. The summed E-state index contributed by atoms with van der Waals surface area (Å²) in [6.07, 6.45) is 1.76. The molecule has 0 bridgehead atoms. The van der Waals surface area contributed by atoms with E-state index in [-0.39, 0.29) is 11.1 Å². The number of benzene rings is 2. The van der Waals surface area contributed by atoms with Crippen molar-refractivity contribution in [2.45, 2.75) is 13.8 Å². The Labute approximate surface area is 146 Å². The number of thiazole rings is 1. The van der Waals surface area contributed by atoms with E-state index in [1.54, 1.807) is 22.6 Å². The van der Waals surface area contributed by atoms with Crippen LogP contribution in [0.3, 0.4) is 0 Å². The van der Waals surface area contributed by atoms with Crippen molar-refractivity contribution in [3.8, 4) is 0 Å². The third-order valence-corrected chi connectivity index (χ3v) is 5.28. The number of aromatic carboxylic acids is 1. The molecule has 0 saturated carbocycles. The molecule has 0 radical (unpaired) electrons. The fraction of sp³-hybridized carbons (Fsp3) is 0.105. The Morgan fingerprint density at radius 3 is 2.52 bits per heavy atom.